The Morgan fingerprint density at radius 2 is 1.74 bits per heavy atom. The van der Waals surface area contributed by atoms with Crippen LogP contribution in [0.2, 0.25) is 5.02 Å². The summed E-state index contributed by atoms with van der Waals surface area (Å²) in [5, 5.41) is 18.4. The predicted molar refractivity (Wildman–Crippen MR) is 149 cm³/mol. The summed E-state index contributed by atoms with van der Waals surface area (Å²) >= 11 is 11.2. The molecular weight excluding hydrogens is 702 g/mol. The van der Waals surface area contributed by atoms with E-state index in [-0.39, 0.29) is 16.0 Å². The van der Waals surface area contributed by atoms with Gasteiger partial charge in [0.05, 0.1) is 7.14 Å². The van der Waals surface area contributed by atoms with Gasteiger partial charge in [-0.25, -0.2) is 4.79 Å². The van der Waals surface area contributed by atoms with Gasteiger partial charge in [-0.2, -0.15) is 0 Å². The zero-order valence-electron chi connectivity index (χ0n) is 17.2. The molecule has 1 heterocycles. The van der Waals surface area contributed by atoms with E-state index in [1.807, 2.05) is 42.5 Å². The first kappa shape index (κ1) is 25.0. The first-order valence-corrected chi connectivity index (χ1v) is 13.1. The molecule has 0 bridgehead atoms. The third-order valence-electron chi connectivity index (χ3n) is 4.45. The number of thioether (sulfide) groups is 1. The van der Waals surface area contributed by atoms with Crippen molar-refractivity contribution in [3.05, 3.63) is 94.9 Å². The van der Waals surface area contributed by atoms with E-state index < -0.39 is 5.97 Å². The SMILES string of the molecule is O=C(O)/C(=C/c1cc(I)c(OCc2ccccc2)c(I)c1)Sc1nnc(-c2ccc(Cl)cc2)o1. The zero-order valence-corrected chi connectivity index (χ0v) is 23.1. The van der Waals surface area contributed by atoms with Crippen molar-refractivity contribution in [2.24, 2.45) is 0 Å². The summed E-state index contributed by atoms with van der Waals surface area (Å²) in [5.41, 5.74) is 2.49. The van der Waals surface area contributed by atoms with Crippen molar-refractivity contribution >= 4 is 80.6 Å². The molecule has 4 aromatic rings. The van der Waals surface area contributed by atoms with Crippen LogP contribution in [0.15, 0.2) is 81.3 Å². The minimum atomic E-state index is -1.09. The van der Waals surface area contributed by atoms with E-state index in [9.17, 15) is 9.90 Å². The maximum Gasteiger partial charge on any atom is 0.342 e. The van der Waals surface area contributed by atoms with E-state index in [1.54, 1.807) is 30.3 Å². The molecule has 3 aromatic carbocycles. The van der Waals surface area contributed by atoms with Crippen LogP contribution in [0.5, 0.6) is 5.75 Å². The van der Waals surface area contributed by atoms with Crippen LogP contribution < -0.4 is 4.74 Å². The Labute approximate surface area is 232 Å². The number of halogens is 3. The maximum absolute atomic E-state index is 11.9. The number of nitrogens with zero attached hydrogens (tertiary/aromatic N) is 2. The smallest absolute Gasteiger partial charge is 0.342 e. The number of carboxylic acids is 1. The van der Waals surface area contributed by atoms with Crippen molar-refractivity contribution in [3.8, 4) is 17.2 Å². The molecule has 1 N–H and O–H groups in total. The molecular formula is C24H15ClI2N2O4S. The van der Waals surface area contributed by atoms with Crippen molar-refractivity contribution in [3.63, 3.8) is 0 Å². The Bertz CT molecular complexity index is 1320. The molecule has 6 nitrogen and oxygen atoms in total. The summed E-state index contributed by atoms with van der Waals surface area (Å²) in [7, 11) is 0. The van der Waals surface area contributed by atoms with Crippen molar-refractivity contribution in [2.75, 3.05) is 0 Å². The fourth-order valence-corrected chi connectivity index (χ4v) is 5.80. The Morgan fingerprint density at radius 3 is 2.38 bits per heavy atom. The highest BCUT2D eigenvalue weighted by Gasteiger charge is 2.17. The number of hydrogen-bond donors (Lipinski definition) is 1. The third kappa shape index (κ3) is 6.52. The molecule has 4 rings (SSSR count). The number of benzene rings is 3. The van der Waals surface area contributed by atoms with Crippen LogP contribution in [0.4, 0.5) is 0 Å². The van der Waals surface area contributed by atoms with Gasteiger partial charge in [-0.15, -0.1) is 10.2 Å². The van der Waals surface area contributed by atoms with Gasteiger partial charge in [0.25, 0.3) is 5.22 Å². The quantitative estimate of drug-likeness (QED) is 0.116. The Kier molecular flexibility index (Phi) is 8.51. The average molecular weight is 717 g/mol. The molecule has 0 saturated carbocycles. The molecule has 0 aliphatic carbocycles. The molecule has 172 valence electrons. The number of ether oxygens (including phenoxy) is 1. The van der Waals surface area contributed by atoms with Crippen molar-refractivity contribution in [1.82, 2.24) is 10.2 Å². The highest BCUT2D eigenvalue weighted by molar-refractivity contribution is 14.1. The maximum atomic E-state index is 11.9. The summed E-state index contributed by atoms with van der Waals surface area (Å²) in [6, 6.07) is 20.6. The lowest BCUT2D eigenvalue weighted by Gasteiger charge is -2.12. The average Bonchev–Trinajstić information content (AvgIpc) is 3.28. The second kappa shape index (κ2) is 11.6. The summed E-state index contributed by atoms with van der Waals surface area (Å²) in [6.07, 6.45) is 1.57. The minimum absolute atomic E-state index is 0.0517. The lowest BCUT2D eigenvalue weighted by atomic mass is 10.2. The van der Waals surface area contributed by atoms with Gasteiger partial charge in [0, 0.05) is 10.6 Å². The van der Waals surface area contributed by atoms with E-state index in [1.165, 1.54) is 0 Å². The van der Waals surface area contributed by atoms with Crippen LogP contribution in [0.3, 0.4) is 0 Å². The second-order valence-corrected chi connectivity index (χ2v) is 10.6. The fraction of sp³-hybridized carbons (Fsp3) is 0.0417. The van der Waals surface area contributed by atoms with Gasteiger partial charge in [-0.3, -0.25) is 0 Å². The Morgan fingerprint density at radius 1 is 1.06 bits per heavy atom. The minimum Gasteiger partial charge on any atom is -0.487 e. The van der Waals surface area contributed by atoms with Gasteiger partial charge in [0.1, 0.15) is 17.3 Å². The lowest BCUT2D eigenvalue weighted by Crippen LogP contribution is -2.00. The second-order valence-electron chi connectivity index (χ2n) is 6.88. The molecule has 0 unspecified atom stereocenters. The molecule has 0 saturated heterocycles. The lowest BCUT2D eigenvalue weighted by molar-refractivity contribution is -0.131. The molecule has 0 fully saturated rings. The predicted octanol–water partition coefficient (Wildman–Crippen LogP) is 7.40. The van der Waals surface area contributed by atoms with Crippen molar-refractivity contribution < 1.29 is 19.1 Å². The topological polar surface area (TPSA) is 85.5 Å². The molecule has 0 aliphatic heterocycles. The molecule has 10 heteroatoms. The van der Waals surface area contributed by atoms with Crippen LogP contribution in [0.1, 0.15) is 11.1 Å². The van der Waals surface area contributed by atoms with Crippen LogP contribution in [-0.2, 0) is 11.4 Å². The third-order valence-corrected chi connectivity index (χ3v) is 7.16. The molecule has 0 spiro atoms. The van der Waals surface area contributed by atoms with E-state index in [0.29, 0.717) is 17.2 Å². The summed E-state index contributed by atoms with van der Waals surface area (Å²) < 4.78 is 13.4. The van der Waals surface area contributed by atoms with Gasteiger partial charge in [-0.1, -0.05) is 41.9 Å². The number of rotatable bonds is 8. The first-order chi connectivity index (χ1) is 16.4. The van der Waals surface area contributed by atoms with Gasteiger partial charge in [-0.05, 0) is 111 Å². The normalized spacial score (nSPS) is 11.4. The van der Waals surface area contributed by atoms with E-state index in [0.717, 1.165) is 35.8 Å². The molecule has 0 aliphatic rings. The van der Waals surface area contributed by atoms with Gasteiger partial charge >= 0.3 is 5.97 Å². The van der Waals surface area contributed by atoms with Crippen LogP contribution in [0, 0.1) is 7.14 Å². The number of aliphatic carboxylic acids is 1. The first-order valence-electron chi connectivity index (χ1n) is 9.77. The van der Waals surface area contributed by atoms with Crippen molar-refractivity contribution in [1.29, 1.82) is 0 Å². The molecule has 1 aromatic heterocycles. The van der Waals surface area contributed by atoms with Crippen LogP contribution >= 0.6 is 68.5 Å². The molecule has 34 heavy (non-hydrogen) atoms. The van der Waals surface area contributed by atoms with E-state index in [4.69, 9.17) is 20.8 Å². The zero-order chi connectivity index (χ0) is 24.1. The Hall–Kier alpha value is -2.09. The van der Waals surface area contributed by atoms with Crippen LogP contribution in [0.25, 0.3) is 17.5 Å². The summed E-state index contributed by atoms with van der Waals surface area (Å²) in [5.74, 6) is -0.0465. The number of carboxylic acid groups (broad SMARTS) is 1. The number of carbonyl (C=O) groups is 1. The standard InChI is InChI=1S/C24H15ClI2N2O4S/c25-17-8-6-16(7-9-17)22-28-29-24(33-22)34-20(23(30)31)12-15-10-18(26)21(19(27)11-15)32-13-14-4-2-1-3-5-14/h1-12H,13H2,(H,30,31)/b20-12-. The highest BCUT2D eigenvalue weighted by Crippen LogP contribution is 2.33. The summed E-state index contributed by atoms with van der Waals surface area (Å²) in [6.45, 7) is 0.450. The highest BCUT2D eigenvalue weighted by atomic mass is 127. The van der Waals surface area contributed by atoms with Gasteiger partial charge < -0.3 is 14.3 Å². The van der Waals surface area contributed by atoms with Crippen LogP contribution in [-0.4, -0.2) is 21.3 Å². The fourth-order valence-electron chi connectivity index (χ4n) is 2.87. The van der Waals surface area contributed by atoms with Gasteiger partial charge in [0.2, 0.25) is 5.89 Å². The van der Waals surface area contributed by atoms with Gasteiger partial charge in [0.15, 0.2) is 0 Å². The Balaban J connectivity index is 1.52. The largest absolute Gasteiger partial charge is 0.487 e. The monoisotopic (exact) mass is 716 g/mol. The molecule has 0 amide bonds. The number of aromatic nitrogens is 2. The van der Waals surface area contributed by atoms with Crippen molar-refractivity contribution in [2.45, 2.75) is 11.8 Å². The van der Waals surface area contributed by atoms with E-state index in [2.05, 4.69) is 55.4 Å². The van der Waals surface area contributed by atoms with E-state index >= 15 is 0 Å². The number of hydrogen-bond acceptors (Lipinski definition) is 6. The summed E-state index contributed by atoms with van der Waals surface area (Å²) in [4.78, 5) is 11.9. The molecule has 0 atom stereocenters. The molecule has 0 radical (unpaired) electrons.